The standard InChI is InChI=1S/C15H15FINO4/c1-7(2)13(6-19)18-5-9(15(21)22)14(20)8-3-11(17)10(16)4-12(8)18/h3-5,7,13,19H,6H2,1-2H3,(H,21,22)/t13-/m1/s1. The summed E-state index contributed by atoms with van der Waals surface area (Å²) < 4.78 is 15.6. The maximum atomic E-state index is 13.9. The van der Waals surface area contributed by atoms with Crippen LogP contribution in [0.15, 0.2) is 23.1 Å². The van der Waals surface area contributed by atoms with Crippen LogP contribution in [0, 0.1) is 15.3 Å². The van der Waals surface area contributed by atoms with Crippen molar-refractivity contribution < 1.29 is 19.4 Å². The summed E-state index contributed by atoms with van der Waals surface area (Å²) in [6.45, 7) is 3.46. The van der Waals surface area contributed by atoms with E-state index in [2.05, 4.69) is 0 Å². The number of aliphatic hydroxyl groups is 1. The second-order valence-electron chi connectivity index (χ2n) is 5.36. The monoisotopic (exact) mass is 419 g/mol. The van der Waals surface area contributed by atoms with Crippen molar-refractivity contribution in [2.75, 3.05) is 6.61 Å². The van der Waals surface area contributed by atoms with Crippen LogP contribution >= 0.6 is 22.6 Å². The molecule has 1 aromatic carbocycles. The summed E-state index contributed by atoms with van der Waals surface area (Å²) in [7, 11) is 0. The molecule has 22 heavy (non-hydrogen) atoms. The van der Waals surface area contributed by atoms with Crippen LogP contribution in [0.4, 0.5) is 4.39 Å². The molecule has 7 heteroatoms. The fourth-order valence-corrected chi connectivity index (χ4v) is 2.86. The Labute approximate surface area is 139 Å². The topological polar surface area (TPSA) is 79.5 Å². The molecule has 118 valence electrons. The van der Waals surface area contributed by atoms with Gasteiger partial charge in [-0.25, -0.2) is 9.18 Å². The van der Waals surface area contributed by atoms with Crippen molar-refractivity contribution in [3.05, 3.63) is 43.5 Å². The number of benzene rings is 1. The average molecular weight is 419 g/mol. The molecule has 1 aromatic heterocycles. The summed E-state index contributed by atoms with van der Waals surface area (Å²) >= 11 is 1.75. The van der Waals surface area contributed by atoms with Gasteiger partial charge in [-0.3, -0.25) is 4.79 Å². The van der Waals surface area contributed by atoms with Gasteiger partial charge in [-0.2, -0.15) is 0 Å². The summed E-state index contributed by atoms with van der Waals surface area (Å²) in [6.07, 6.45) is 1.18. The number of aliphatic hydroxyl groups excluding tert-OH is 1. The van der Waals surface area contributed by atoms with E-state index in [1.165, 1.54) is 22.9 Å². The number of halogens is 2. The normalized spacial score (nSPS) is 12.8. The highest BCUT2D eigenvalue weighted by molar-refractivity contribution is 14.1. The zero-order valence-corrected chi connectivity index (χ0v) is 14.2. The first-order valence-corrected chi connectivity index (χ1v) is 7.73. The molecule has 0 amide bonds. The second kappa shape index (κ2) is 6.33. The van der Waals surface area contributed by atoms with E-state index >= 15 is 0 Å². The van der Waals surface area contributed by atoms with Crippen molar-refractivity contribution in [3.63, 3.8) is 0 Å². The van der Waals surface area contributed by atoms with Crippen LogP contribution in [0.2, 0.25) is 0 Å². The van der Waals surface area contributed by atoms with Gasteiger partial charge in [-0.1, -0.05) is 13.8 Å². The molecule has 0 aliphatic heterocycles. The Morgan fingerprint density at radius 2 is 2.05 bits per heavy atom. The molecule has 0 saturated heterocycles. The largest absolute Gasteiger partial charge is 0.477 e. The molecule has 5 nitrogen and oxygen atoms in total. The van der Waals surface area contributed by atoms with Gasteiger partial charge in [0.25, 0.3) is 0 Å². The Morgan fingerprint density at radius 3 is 2.55 bits per heavy atom. The van der Waals surface area contributed by atoms with E-state index in [4.69, 9.17) is 0 Å². The molecule has 0 saturated carbocycles. The Morgan fingerprint density at radius 1 is 1.41 bits per heavy atom. The number of fused-ring (bicyclic) bond motifs is 1. The zero-order chi connectivity index (χ0) is 16.6. The van der Waals surface area contributed by atoms with Crippen molar-refractivity contribution >= 4 is 39.5 Å². The van der Waals surface area contributed by atoms with Crippen LogP contribution in [0.5, 0.6) is 0 Å². The number of aromatic carboxylic acids is 1. The molecule has 0 aliphatic rings. The third-order valence-electron chi connectivity index (χ3n) is 3.62. The van der Waals surface area contributed by atoms with Crippen LogP contribution < -0.4 is 5.43 Å². The van der Waals surface area contributed by atoms with Gasteiger partial charge in [0.1, 0.15) is 11.4 Å². The summed E-state index contributed by atoms with van der Waals surface area (Å²) in [4.78, 5) is 23.6. The second-order valence-corrected chi connectivity index (χ2v) is 6.52. The zero-order valence-electron chi connectivity index (χ0n) is 12.0. The van der Waals surface area contributed by atoms with Gasteiger partial charge in [0.15, 0.2) is 0 Å². The number of nitrogens with zero attached hydrogens (tertiary/aromatic N) is 1. The number of aromatic nitrogens is 1. The van der Waals surface area contributed by atoms with Crippen molar-refractivity contribution in [3.8, 4) is 0 Å². The number of hydrogen-bond acceptors (Lipinski definition) is 3. The SMILES string of the molecule is CC(C)[C@@H](CO)n1cc(C(=O)O)c(=O)c2cc(I)c(F)cc21. The molecule has 0 aliphatic carbocycles. The van der Waals surface area contributed by atoms with E-state index in [1.54, 1.807) is 22.6 Å². The summed E-state index contributed by atoms with van der Waals surface area (Å²) in [5, 5.41) is 18.9. The summed E-state index contributed by atoms with van der Waals surface area (Å²) in [6, 6.07) is 2.08. The molecule has 0 bridgehead atoms. The van der Waals surface area contributed by atoms with Crippen molar-refractivity contribution in [2.45, 2.75) is 19.9 Å². The molecule has 0 spiro atoms. The van der Waals surface area contributed by atoms with E-state index in [0.717, 1.165) is 0 Å². The number of hydrogen-bond donors (Lipinski definition) is 2. The Kier molecular flexibility index (Phi) is 4.86. The van der Waals surface area contributed by atoms with Crippen molar-refractivity contribution in [1.82, 2.24) is 4.57 Å². The van der Waals surface area contributed by atoms with E-state index in [1.807, 2.05) is 13.8 Å². The van der Waals surface area contributed by atoms with Gasteiger partial charge < -0.3 is 14.8 Å². The molecule has 2 rings (SSSR count). The lowest BCUT2D eigenvalue weighted by Crippen LogP contribution is -2.25. The Bertz CT molecular complexity index is 800. The molecule has 1 atom stereocenters. The minimum Gasteiger partial charge on any atom is -0.477 e. The maximum Gasteiger partial charge on any atom is 0.341 e. The fourth-order valence-electron chi connectivity index (χ4n) is 2.39. The highest BCUT2D eigenvalue weighted by Crippen LogP contribution is 2.25. The van der Waals surface area contributed by atoms with Gasteiger partial charge in [-0.15, -0.1) is 0 Å². The number of pyridine rings is 1. The van der Waals surface area contributed by atoms with Gasteiger partial charge in [-0.05, 0) is 40.6 Å². The third kappa shape index (κ3) is 2.87. The molecule has 2 aromatic rings. The van der Waals surface area contributed by atoms with Crippen LogP contribution in [0.3, 0.4) is 0 Å². The highest BCUT2D eigenvalue weighted by Gasteiger charge is 2.22. The van der Waals surface area contributed by atoms with Gasteiger partial charge >= 0.3 is 5.97 Å². The molecule has 0 radical (unpaired) electrons. The van der Waals surface area contributed by atoms with Gasteiger partial charge in [0.05, 0.1) is 18.2 Å². The quantitative estimate of drug-likeness (QED) is 0.748. The first kappa shape index (κ1) is 16.9. The molecule has 1 heterocycles. The Balaban J connectivity index is 2.95. The molecular weight excluding hydrogens is 404 g/mol. The van der Waals surface area contributed by atoms with Crippen LogP contribution in [-0.4, -0.2) is 27.4 Å². The predicted octanol–water partition coefficient (Wildman–Crippen LogP) is 2.63. The summed E-state index contributed by atoms with van der Waals surface area (Å²) in [5.41, 5.74) is -0.771. The van der Waals surface area contributed by atoms with Gasteiger partial charge in [0, 0.05) is 15.2 Å². The highest BCUT2D eigenvalue weighted by atomic mass is 127. The van der Waals surface area contributed by atoms with Crippen molar-refractivity contribution in [1.29, 1.82) is 0 Å². The first-order valence-electron chi connectivity index (χ1n) is 6.66. The van der Waals surface area contributed by atoms with Crippen molar-refractivity contribution in [2.24, 2.45) is 5.92 Å². The lowest BCUT2D eigenvalue weighted by atomic mass is 10.0. The smallest absolute Gasteiger partial charge is 0.341 e. The van der Waals surface area contributed by atoms with Crippen LogP contribution in [0.1, 0.15) is 30.2 Å². The predicted molar refractivity (Wildman–Crippen MR) is 88.8 cm³/mol. The minimum absolute atomic E-state index is 0.0281. The average Bonchev–Trinajstić information content (AvgIpc) is 2.43. The number of carbonyl (C=O) groups is 1. The number of rotatable bonds is 4. The molecule has 2 N–H and O–H groups in total. The molecule has 0 unspecified atom stereocenters. The van der Waals surface area contributed by atoms with E-state index in [9.17, 15) is 24.2 Å². The number of carboxylic acids is 1. The number of carboxylic acid groups (broad SMARTS) is 1. The summed E-state index contributed by atoms with van der Waals surface area (Å²) in [5.74, 6) is -1.87. The first-order chi connectivity index (χ1) is 10.3. The lowest BCUT2D eigenvalue weighted by molar-refractivity contribution is 0.0694. The van der Waals surface area contributed by atoms with E-state index in [-0.39, 0.29) is 27.0 Å². The minimum atomic E-state index is -1.35. The molecule has 0 fully saturated rings. The fraction of sp³-hybridized carbons (Fsp3) is 0.333. The van der Waals surface area contributed by atoms with Crippen LogP contribution in [0.25, 0.3) is 10.9 Å². The third-order valence-corrected chi connectivity index (χ3v) is 4.45. The van der Waals surface area contributed by atoms with E-state index < -0.39 is 28.8 Å². The lowest BCUT2D eigenvalue weighted by Gasteiger charge is -2.24. The Hall–Kier alpha value is -1.48. The van der Waals surface area contributed by atoms with Crippen LogP contribution in [-0.2, 0) is 0 Å². The molecular formula is C15H15FINO4. The van der Waals surface area contributed by atoms with E-state index in [0.29, 0.717) is 0 Å². The maximum absolute atomic E-state index is 13.9. The van der Waals surface area contributed by atoms with Gasteiger partial charge in [0.2, 0.25) is 5.43 Å².